The van der Waals surface area contributed by atoms with Crippen molar-refractivity contribution in [1.29, 1.82) is 0 Å². The minimum absolute atomic E-state index is 0.0831. The maximum Gasteiger partial charge on any atom is 0.224 e. The molecule has 128 valence electrons. The molecule has 1 aliphatic heterocycles. The van der Waals surface area contributed by atoms with Crippen LogP contribution in [0.1, 0.15) is 29.8 Å². The van der Waals surface area contributed by atoms with Gasteiger partial charge in [-0.3, -0.25) is 4.79 Å². The van der Waals surface area contributed by atoms with Gasteiger partial charge in [-0.2, -0.15) is 5.10 Å². The van der Waals surface area contributed by atoms with E-state index in [9.17, 15) is 4.79 Å². The van der Waals surface area contributed by atoms with Gasteiger partial charge in [-0.1, -0.05) is 18.2 Å². The van der Waals surface area contributed by atoms with Crippen LogP contribution >= 0.6 is 0 Å². The number of para-hydroxylation sites is 1. The second-order valence-corrected chi connectivity index (χ2v) is 6.57. The topological polar surface area (TPSA) is 59.0 Å². The molecule has 0 bridgehead atoms. The first kappa shape index (κ1) is 16.7. The van der Waals surface area contributed by atoms with E-state index in [1.165, 1.54) is 6.42 Å². The summed E-state index contributed by atoms with van der Waals surface area (Å²) in [5.41, 5.74) is 4.01. The van der Waals surface area contributed by atoms with E-state index in [1.807, 2.05) is 48.9 Å². The summed E-state index contributed by atoms with van der Waals surface area (Å²) in [4.78, 5) is 12.3. The van der Waals surface area contributed by atoms with Crippen LogP contribution in [-0.2, 0) is 11.2 Å². The van der Waals surface area contributed by atoms with Crippen LogP contribution in [0.15, 0.2) is 30.3 Å². The Bertz CT molecular complexity index is 687. The monoisotopic (exact) mass is 326 g/mol. The fourth-order valence-electron chi connectivity index (χ4n) is 3.35. The molecular weight excluding hydrogens is 300 g/mol. The summed E-state index contributed by atoms with van der Waals surface area (Å²) >= 11 is 0. The zero-order chi connectivity index (χ0) is 16.9. The summed E-state index contributed by atoms with van der Waals surface area (Å²) in [7, 11) is 0. The first-order valence-electron chi connectivity index (χ1n) is 8.73. The van der Waals surface area contributed by atoms with Crippen LogP contribution in [0.4, 0.5) is 0 Å². The lowest BCUT2D eigenvalue weighted by atomic mass is 10.1. The van der Waals surface area contributed by atoms with E-state index < -0.39 is 0 Å². The van der Waals surface area contributed by atoms with Crippen molar-refractivity contribution in [3.63, 3.8) is 0 Å². The molecule has 2 heterocycles. The van der Waals surface area contributed by atoms with E-state index in [0.29, 0.717) is 12.3 Å². The van der Waals surface area contributed by atoms with Gasteiger partial charge in [0.1, 0.15) is 0 Å². The van der Waals surface area contributed by atoms with Crippen LogP contribution in [0.2, 0.25) is 0 Å². The minimum Gasteiger partial charge on any atom is -0.356 e. The second kappa shape index (κ2) is 7.62. The van der Waals surface area contributed by atoms with E-state index >= 15 is 0 Å². The van der Waals surface area contributed by atoms with Crippen molar-refractivity contribution in [3.05, 3.63) is 47.3 Å². The van der Waals surface area contributed by atoms with Crippen molar-refractivity contribution < 1.29 is 4.79 Å². The Labute approximate surface area is 143 Å². The minimum atomic E-state index is 0.0831. The summed E-state index contributed by atoms with van der Waals surface area (Å²) < 4.78 is 1.92. The molecule has 1 aliphatic rings. The molecule has 1 unspecified atom stereocenters. The first-order chi connectivity index (χ1) is 11.6. The van der Waals surface area contributed by atoms with E-state index in [1.54, 1.807) is 0 Å². The molecule has 0 radical (unpaired) electrons. The standard InChI is InChI=1S/C19H26N4O/c1-14-18(12-19(24)21-11-9-16-8-10-20-13-16)15(2)23(22-14)17-6-4-3-5-7-17/h3-7,16,20H,8-13H2,1-2H3,(H,21,24). The quantitative estimate of drug-likeness (QED) is 0.855. The average molecular weight is 326 g/mol. The largest absolute Gasteiger partial charge is 0.356 e. The van der Waals surface area contributed by atoms with E-state index in [0.717, 1.165) is 48.7 Å². The Morgan fingerprint density at radius 1 is 1.33 bits per heavy atom. The third-order valence-electron chi connectivity index (χ3n) is 4.82. The van der Waals surface area contributed by atoms with E-state index in [4.69, 9.17) is 0 Å². The van der Waals surface area contributed by atoms with Gasteiger partial charge in [-0.15, -0.1) is 0 Å². The molecule has 0 spiro atoms. The molecule has 1 amide bonds. The Balaban J connectivity index is 1.60. The van der Waals surface area contributed by atoms with Crippen LogP contribution < -0.4 is 10.6 Å². The third-order valence-corrected chi connectivity index (χ3v) is 4.82. The molecule has 1 aromatic heterocycles. The fourth-order valence-corrected chi connectivity index (χ4v) is 3.35. The number of carbonyl (C=O) groups excluding carboxylic acids is 1. The highest BCUT2D eigenvalue weighted by atomic mass is 16.1. The van der Waals surface area contributed by atoms with Crippen molar-refractivity contribution in [2.75, 3.05) is 19.6 Å². The van der Waals surface area contributed by atoms with Gasteiger partial charge >= 0.3 is 0 Å². The van der Waals surface area contributed by atoms with Crippen LogP contribution in [0.5, 0.6) is 0 Å². The molecule has 0 saturated carbocycles. The Morgan fingerprint density at radius 3 is 2.83 bits per heavy atom. The number of rotatable bonds is 6. The van der Waals surface area contributed by atoms with Crippen LogP contribution in [0.25, 0.3) is 5.69 Å². The lowest BCUT2D eigenvalue weighted by Crippen LogP contribution is -2.28. The number of nitrogens with one attached hydrogen (secondary N) is 2. The Kier molecular flexibility index (Phi) is 5.30. The molecule has 1 atom stereocenters. The van der Waals surface area contributed by atoms with Gasteiger partial charge < -0.3 is 10.6 Å². The summed E-state index contributed by atoms with van der Waals surface area (Å²) in [6.45, 7) is 6.95. The maximum atomic E-state index is 12.3. The van der Waals surface area contributed by atoms with Crippen molar-refractivity contribution in [1.82, 2.24) is 20.4 Å². The molecule has 5 nitrogen and oxygen atoms in total. The zero-order valence-corrected chi connectivity index (χ0v) is 14.5. The number of nitrogens with zero attached hydrogens (tertiary/aromatic N) is 2. The predicted molar refractivity (Wildman–Crippen MR) is 95.3 cm³/mol. The highest BCUT2D eigenvalue weighted by Gasteiger charge is 2.17. The maximum absolute atomic E-state index is 12.3. The molecule has 1 aromatic carbocycles. The normalized spacial score (nSPS) is 17.2. The van der Waals surface area contributed by atoms with E-state index in [-0.39, 0.29) is 5.91 Å². The number of benzene rings is 1. The third kappa shape index (κ3) is 3.85. The van der Waals surface area contributed by atoms with Crippen molar-refractivity contribution in [2.24, 2.45) is 5.92 Å². The molecule has 2 N–H and O–H groups in total. The number of carbonyl (C=O) groups is 1. The molecule has 0 aliphatic carbocycles. The van der Waals surface area contributed by atoms with Crippen LogP contribution in [0, 0.1) is 19.8 Å². The van der Waals surface area contributed by atoms with Gasteiger partial charge in [0, 0.05) is 17.8 Å². The van der Waals surface area contributed by atoms with E-state index in [2.05, 4.69) is 15.7 Å². The van der Waals surface area contributed by atoms with Gasteiger partial charge in [0.25, 0.3) is 0 Å². The number of amides is 1. The van der Waals surface area contributed by atoms with Gasteiger partial charge in [-0.05, 0) is 57.8 Å². The highest BCUT2D eigenvalue weighted by Crippen LogP contribution is 2.18. The van der Waals surface area contributed by atoms with Gasteiger partial charge in [-0.25, -0.2) is 4.68 Å². The van der Waals surface area contributed by atoms with Gasteiger partial charge in [0.15, 0.2) is 0 Å². The van der Waals surface area contributed by atoms with Gasteiger partial charge in [0.2, 0.25) is 5.91 Å². The highest BCUT2D eigenvalue weighted by molar-refractivity contribution is 5.79. The molecule has 2 aromatic rings. The van der Waals surface area contributed by atoms with Crippen molar-refractivity contribution >= 4 is 5.91 Å². The molecule has 24 heavy (non-hydrogen) atoms. The summed E-state index contributed by atoms with van der Waals surface area (Å²) in [5, 5.41) is 11.0. The molecule has 1 fully saturated rings. The van der Waals surface area contributed by atoms with Crippen LogP contribution in [-0.4, -0.2) is 35.3 Å². The van der Waals surface area contributed by atoms with Crippen molar-refractivity contribution in [3.8, 4) is 5.69 Å². The molecule has 5 heteroatoms. The molecule has 1 saturated heterocycles. The number of hydrogen-bond acceptors (Lipinski definition) is 3. The smallest absolute Gasteiger partial charge is 0.224 e. The number of aryl methyl sites for hydroxylation is 1. The molecule has 3 rings (SSSR count). The summed E-state index contributed by atoms with van der Waals surface area (Å²) in [6, 6.07) is 10.0. The fraction of sp³-hybridized carbons (Fsp3) is 0.474. The Morgan fingerprint density at radius 2 is 2.12 bits per heavy atom. The zero-order valence-electron chi connectivity index (χ0n) is 14.5. The lowest BCUT2D eigenvalue weighted by molar-refractivity contribution is -0.120. The lowest BCUT2D eigenvalue weighted by Gasteiger charge is -2.10. The first-order valence-corrected chi connectivity index (χ1v) is 8.73. The van der Waals surface area contributed by atoms with Crippen molar-refractivity contribution in [2.45, 2.75) is 33.1 Å². The molecular formula is C19H26N4O. The second-order valence-electron chi connectivity index (χ2n) is 6.57. The SMILES string of the molecule is Cc1nn(-c2ccccc2)c(C)c1CC(=O)NCCC1CCNC1. The van der Waals surface area contributed by atoms with Crippen LogP contribution in [0.3, 0.4) is 0 Å². The number of hydrogen-bond donors (Lipinski definition) is 2. The predicted octanol–water partition coefficient (Wildman–Crippen LogP) is 2.15. The summed E-state index contributed by atoms with van der Waals surface area (Å²) in [5.74, 6) is 0.786. The Hall–Kier alpha value is -2.14. The number of aromatic nitrogens is 2. The summed E-state index contributed by atoms with van der Waals surface area (Å²) in [6.07, 6.45) is 2.67. The average Bonchev–Trinajstić information content (AvgIpc) is 3.19. The van der Waals surface area contributed by atoms with Gasteiger partial charge in [0.05, 0.1) is 17.8 Å².